The Morgan fingerprint density at radius 2 is 2.00 bits per heavy atom. The summed E-state index contributed by atoms with van der Waals surface area (Å²) in [6.45, 7) is 2.39. The van der Waals surface area contributed by atoms with Crippen LogP contribution in [0.1, 0.15) is 25.7 Å². The number of carbonyl (C=O) groups excluding carboxylic acids is 1. The van der Waals surface area contributed by atoms with Gasteiger partial charge in [-0.15, -0.1) is 0 Å². The second-order valence-corrected chi connectivity index (χ2v) is 4.84. The molecule has 2 fully saturated rings. The summed E-state index contributed by atoms with van der Waals surface area (Å²) in [6, 6.07) is 0.506. The number of rotatable bonds is 1. The molecule has 0 bridgehead atoms. The topological polar surface area (TPSA) is 49.6 Å². The van der Waals surface area contributed by atoms with E-state index >= 15 is 0 Å². The van der Waals surface area contributed by atoms with Gasteiger partial charge in [-0.05, 0) is 19.9 Å². The summed E-state index contributed by atoms with van der Waals surface area (Å²) in [5, 5.41) is 0. The van der Waals surface area contributed by atoms with Crippen LogP contribution >= 0.6 is 0 Å². The van der Waals surface area contributed by atoms with Crippen LogP contribution < -0.4 is 5.73 Å². The van der Waals surface area contributed by atoms with Crippen molar-refractivity contribution in [1.82, 2.24) is 9.80 Å². The molecule has 0 spiro atoms. The lowest BCUT2D eigenvalue weighted by Crippen LogP contribution is -2.58. The fourth-order valence-corrected chi connectivity index (χ4v) is 2.68. The van der Waals surface area contributed by atoms with Crippen molar-refractivity contribution >= 4 is 5.91 Å². The SMILES string of the molecule is CN1CCN([C@@H]2CCCC[C@H]2N)C(=O)C1. The summed E-state index contributed by atoms with van der Waals surface area (Å²) in [5.41, 5.74) is 6.10. The van der Waals surface area contributed by atoms with Gasteiger partial charge in [-0.3, -0.25) is 9.69 Å². The van der Waals surface area contributed by atoms with Gasteiger partial charge in [0.25, 0.3) is 0 Å². The molecule has 1 aliphatic heterocycles. The zero-order chi connectivity index (χ0) is 10.8. The molecule has 1 aliphatic carbocycles. The van der Waals surface area contributed by atoms with Gasteiger partial charge in [-0.2, -0.15) is 0 Å². The van der Waals surface area contributed by atoms with E-state index in [1.807, 2.05) is 11.9 Å². The molecule has 1 heterocycles. The average Bonchev–Trinajstić information content (AvgIpc) is 2.20. The van der Waals surface area contributed by atoms with Crippen LogP contribution in [0.2, 0.25) is 0 Å². The maximum absolute atomic E-state index is 11.9. The van der Waals surface area contributed by atoms with Gasteiger partial charge in [0.05, 0.1) is 6.54 Å². The molecule has 2 atom stereocenters. The normalized spacial score (nSPS) is 34.5. The Kier molecular flexibility index (Phi) is 3.26. The zero-order valence-corrected chi connectivity index (χ0v) is 9.48. The first-order chi connectivity index (χ1) is 7.18. The predicted molar refractivity (Wildman–Crippen MR) is 59.4 cm³/mol. The molecule has 0 aromatic carbocycles. The first kappa shape index (κ1) is 10.9. The molecule has 2 rings (SSSR count). The maximum Gasteiger partial charge on any atom is 0.237 e. The summed E-state index contributed by atoms with van der Waals surface area (Å²) >= 11 is 0. The first-order valence-corrected chi connectivity index (χ1v) is 5.92. The minimum atomic E-state index is 0.200. The van der Waals surface area contributed by atoms with Crippen molar-refractivity contribution in [3.63, 3.8) is 0 Å². The number of amides is 1. The summed E-state index contributed by atoms with van der Waals surface area (Å²) in [6.07, 6.45) is 4.61. The molecule has 0 aromatic heterocycles. The highest BCUT2D eigenvalue weighted by molar-refractivity contribution is 5.79. The van der Waals surface area contributed by atoms with E-state index in [2.05, 4.69) is 4.90 Å². The summed E-state index contributed by atoms with van der Waals surface area (Å²) in [5.74, 6) is 0.256. The number of nitrogens with zero attached hydrogens (tertiary/aromatic N) is 2. The molecule has 15 heavy (non-hydrogen) atoms. The number of piperazine rings is 1. The molecule has 4 heteroatoms. The lowest BCUT2D eigenvalue weighted by atomic mass is 9.89. The third-order valence-electron chi connectivity index (χ3n) is 3.63. The number of likely N-dealkylation sites (N-methyl/N-ethyl adjacent to an activating group) is 1. The van der Waals surface area contributed by atoms with Crippen molar-refractivity contribution in [3.05, 3.63) is 0 Å². The van der Waals surface area contributed by atoms with Crippen LogP contribution in [0.25, 0.3) is 0 Å². The van der Waals surface area contributed by atoms with Gasteiger partial charge in [0, 0.05) is 25.2 Å². The van der Waals surface area contributed by atoms with Crippen molar-refractivity contribution in [2.75, 3.05) is 26.7 Å². The van der Waals surface area contributed by atoms with Crippen LogP contribution in [0.3, 0.4) is 0 Å². The van der Waals surface area contributed by atoms with Crippen molar-refractivity contribution in [2.24, 2.45) is 5.73 Å². The summed E-state index contributed by atoms with van der Waals surface area (Å²) in [7, 11) is 2.00. The summed E-state index contributed by atoms with van der Waals surface area (Å²) in [4.78, 5) is 16.0. The lowest BCUT2D eigenvalue weighted by Gasteiger charge is -2.42. The van der Waals surface area contributed by atoms with Crippen LogP contribution in [-0.4, -0.2) is 54.5 Å². The fraction of sp³-hybridized carbons (Fsp3) is 0.909. The number of hydrogen-bond donors (Lipinski definition) is 1. The van der Waals surface area contributed by atoms with Crippen LogP contribution in [0, 0.1) is 0 Å². The molecule has 86 valence electrons. The molecule has 2 aliphatic rings. The van der Waals surface area contributed by atoms with Gasteiger partial charge in [-0.25, -0.2) is 0 Å². The number of nitrogens with two attached hydrogens (primary N) is 1. The van der Waals surface area contributed by atoms with Crippen molar-refractivity contribution < 1.29 is 4.79 Å². The van der Waals surface area contributed by atoms with Crippen LogP contribution in [0.4, 0.5) is 0 Å². The highest BCUT2D eigenvalue weighted by Gasteiger charge is 2.33. The Morgan fingerprint density at radius 3 is 2.67 bits per heavy atom. The molecule has 0 radical (unpaired) electrons. The minimum Gasteiger partial charge on any atom is -0.336 e. The number of carbonyl (C=O) groups is 1. The van der Waals surface area contributed by atoms with E-state index in [1.165, 1.54) is 12.8 Å². The Labute approximate surface area is 91.4 Å². The highest BCUT2D eigenvalue weighted by Crippen LogP contribution is 2.23. The van der Waals surface area contributed by atoms with E-state index in [0.29, 0.717) is 12.6 Å². The van der Waals surface area contributed by atoms with Gasteiger partial charge in [0.2, 0.25) is 5.91 Å². The van der Waals surface area contributed by atoms with Crippen LogP contribution in [0.15, 0.2) is 0 Å². The third kappa shape index (κ3) is 2.32. The van der Waals surface area contributed by atoms with Crippen molar-refractivity contribution in [2.45, 2.75) is 37.8 Å². The van der Waals surface area contributed by atoms with Gasteiger partial charge in [-0.1, -0.05) is 12.8 Å². The van der Waals surface area contributed by atoms with Gasteiger partial charge in [0.1, 0.15) is 0 Å². The molecule has 1 saturated heterocycles. The van der Waals surface area contributed by atoms with Crippen molar-refractivity contribution in [1.29, 1.82) is 0 Å². The monoisotopic (exact) mass is 211 g/mol. The molecular weight excluding hydrogens is 190 g/mol. The minimum absolute atomic E-state index is 0.200. The highest BCUT2D eigenvalue weighted by atomic mass is 16.2. The van der Waals surface area contributed by atoms with E-state index in [0.717, 1.165) is 25.9 Å². The van der Waals surface area contributed by atoms with Gasteiger partial charge >= 0.3 is 0 Å². The standard InChI is InChI=1S/C11H21N3O/c1-13-6-7-14(11(15)8-13)10-5-3-2-4-9(10)12/h9-10H,2-8,12H2,1H3/t9-,10-/m1/s1. The molecule has 0 aromatic rings. The maximum atomic E-state index is 11.9. The van der Waals surface area contributed by atoms with Crippen molar-refractivity contribution in [3.8, 4) is 0 Å². The average molecular weight is 211 g/mol. The van der Waals surface area contributed by atoms with E-state index in [4.69, 9.17) is 5.73 Å². The Hall–Kier alpha value is -0.610. The Balaban J connectivity index is 1.99. The van der Waals surface area contributed by atoms with Gasteiger partial charge < -0.3 is 10.6 Å². The molecule has 4 nitrogen and oxygen atoms in total. The Morgan fingerprint density at radius 1 is 1.27 bits per heavy atom. The predicted octanol–water partition coefficient (Wildman–Crippen LogP) is 0.0303. The van der Waals surface area contributed by atoms with Crippen LogP contribution in [0.5, 0.6) is 0 Å². The third-order valence-corrected chi connectivity index (χ3v) is 3.63. The summed E-state index contributed by atoms with van der Waals surface area (Å²) < 4.78 is 0. The molecule has 1 saturated carbocycles. The van der Waals surface area contributed by atoms with E-state index in [1.54, 1.807) is 0 Å². The second kappa shape index (κ2) is 4.49. The van der Waals surface area contributed by atoms with Gasteiger partial charge in [0.15, 0.2) is 0 Å². The Bertz CT molecular complexity index is 244. The largest absolute Gasteiger partial charge is 0.336 e. The second-order valence-electron chi connectivity index (χ2n) is 4.84. The molecule has 0 unspecified atom stereocenters. The van der Waals surface area contributed by atoms with Crippen LogP contribution in [-0.2, 0) is 4.79 Å². The van der Waals surface area contributed by atoms with E-state index in [-0.39, 0.29) is 11.9 Å². The number of hydrogen-bond acceptors (Lipinski definition) is 3. The lowest BCUT2D eigenvalue weighted by molar-refractivity contribution is -0.139. The zero-order valence-electron chi connectivity index (χ0n) is 9.48. The molecule has 2 N–H and O–H groups in total. The van der Waals surface area contributed by atoms with E-state index in [9.17, 15) is 4.79 Å². The molecular formula is C11H21N3O. The first-order valence-electron chi connectivity index (χ1n) is 5.92. The quantitative estimate of drug-likeness (QED) is 0.666. The van der Waals surface area contributed by atoms with E-state index < -0.39 is 0 Å². The molecule has 1 amide bonds. The fourth-order valence-electron chi connectivity index (χ4n) is 2.68. The smallest absolute Gasteiger partial charge is 0.237 e.